The lowest BCUT2D eigenvalue weighted by molar-refractivity contribution is 0.0837. The van der Waals surface area contributed by atoms with Gasteiger partial charge in [0.25, 0.3) is 0 Å². The average molecular weight is 297 g/mol. The van der Waals surface area contributed by atoms with Crippen molar-refractivity contribution in [3.05, 3.63) is 28.0 Å². The number of aromatic nitrogens is 2. The van der Waals surface area contributed by atoms with Crippen molar-refractivity contribution in [2.75, 3.05) is 6.61 Å². The van der Waals surface area contributed by atoms with E-state index in [-0.39, 0.29) is 0 Å². The van der Waals surface area contributed by atoms with Gasteiger partial charge in [0.1, 0.15) is 0 Å². The van der Waals surface area contributed by atoms with Crippen LogP contribution >= 0.6 is 23.8 Å². The summed E-state index contributed by atoms with van der Waals surface area (Å²) in [7, 11) is 0. The fraction of sp³-hybridized carbons (Fsp3) is 0.500. The summed E-state index contributed by atoms with van der Waals surface area (Å²) < 4.78 is 8.65. The largest absolute Gasteiger partial charge is 0.378 e. The molecule has 1 aliphatic rings. The molecule has 2 aromatic rings. The Morgan fingerprint density at radius 2 is 2.37 bits per heavy atom. The normalized spacial score (nSPS) is 23.3. The third-order valence-electron chi connectivity index (χ3n) is 3.93. The Labute approximate surface area is 122 Å². The van der Waals surface area contributed by atoms with Gasteiger partial charge in [0, 0.05) is 19.1 Å². The highest BCUT2D eigenvalue weighted by molar-refractivity contribution is 7.71. The maximum absolute atomic E-state index is 6.20. The number of hydrogen-bond acceptors (Lipinski definition) is 2. The fourth-order valence-electron chi connectivity index (χ4n) is 2.91. The number of H-pyrrole nitrogens is 1. The molecule has 0 spiro atoms. The maximum atomic E-state index is 6.20. The van der Waals surface area contributed by atoms with Gasteiger partial charge in [-0.05, 0) is 37.2 Å². The van der Waals surface area contributed by atoms with E-state index in [0.717, 1.165) is 46.8 Å². The lowest BCUT2D eigenvalue weighted by Crippen LogP contribution is -2.20. The second-order valence-corrected chi connectivity index (χ2v) is 5.83. The van der Waals surface area contributed by atoms with Gasteiger partial charge in [0.05, 0.1) is 22.2 Å². The number of imidazole rings is 1. The summed E-state index contributed by atoms with van der Waals surface area (Å²) in [5.41, 5.74) is 2.01. The first kappa shape index (κ1) is 13.2. The molecule has 2 unspecified atom stereocenters. The van der Waals surface area contributed by atoms with E-state index >= 15 is 0 Å². The van der Waals surface area contributed by atoms with E-state index in [0.29, 0.717) is 12.0 Å². The van der Waals surface area contributed by atoms with Crippen LogP contribution in [0.2, 0.25) is 5.02 Å². The Kier molecular flexibility index (Phi) is 3.65. The van der Waals surface area contributed by atoms with E-state index in [2.05, 4.69) is 22.5 Å². The van der Waals surface area contributed by atoms with Gasteiger partial charge in [-0.1, -0.05) is 24.6 Å². The summed E-state index contributed by atoms with van der Waals surface area (Å²) in [5, 5.41) is 0.720. The van der Waals surface area contributed by atoms with Crippen molar-refractivity contribution >= 4 is 34.9 Å². The van der Waals surface area contributed by atoms with Gasteiger partial charge in [-0.2, -0.15) is 0 Å². The lowest BCUT2D eigenvalue weighted by atomic mass is 9.99. The predicted octanol–water partition coefficient (Wildman–Crippen LogP) is 4.17. The van der Waals surface area contributed by atoms with Crippen LogP contribution in [0.4, 0.5) is 0 Å². The lowest BCUT2D eigenvalue weighted by Gasteiger charge is -2.17. The maximum Gasteiger partial charge on any atom is 0.178 e. The molecule has 5 heteroatoms. The first-order chi connectivity index (χ1) is 9.20. The van der Waals surface area contributed by atoms with Gasteiger partial charge < -0.3 is 14.3 Å². The van der Waals surface area contributed by atoms with E-state index in [1.165, 1.54) is 0 Å². The fourth-order valence-corrected chi connectivity index (χ4v) is 3.41. The predicted molar refractivity (Wildman–Crippen MR) is 80.3 cm³/mol. The Balaban J connectivity index is 1.99. The molecule has 1 aliphatic heterocycles. The number of hydrogen-bond donors (Lipinski definition) is 1. The molecule has 1 fully saturated rings. The molecule has 3 rings (SSSR count). The van der Waals surface area contributed by atoms with Crippen LogP contribution < -0.4 is 0 Å². The second kappa shape index (κ2) is 5.27. The number of fused-ring (bicyclic) bond motifs is 1. The highest BCUT2D eigenvalue weighted by atomic mass is 35.5. The van der Waals surface area contributed by atoms with E-state index in [1.54, 1.807) is 0 Å². The van der Waals surface area contributed by atoms with E-state index < -0.39 is 0 Å². The number of para-hydroxylation sites is 1. The number of aromatic amines is 1. The zero-order chi connectivity index (χ0) is 13.4. The van der Waals surface area contributed by atoms with Crippen LogP contribution in [0.5, 0.6) is 0 Å². The van der Waals surface area contributed by atoms with Crippen LogP contribution in [-0.2, 0) is 11.3 Å². The summed E-state index contributed by atoms with van der Waals surface area (Å²) in [6, 6.07) is 5.91. The molecule has 0 aliphatic carbocycles. The number of rotatable bonds is 3. The van der Waals surface area contributed by atoms with E-state index in [4.69, 9.17) is 28.6 Å². The van der Waals surface area contributed by atoms with Crippen LogP contribution in [0.15, 0.2) is 18.2 Å². The summed E-state index contributed by atoms with van der Waals surface area (Å²) in [6.07, 6.45) is 2.51. The summed E-state index contributed by atoms with van der Waals surface area (Å²) in [6.45, 7) is 3.94. The SMILES string of the molecule is CCC1OCCC1Cn1c(=S)[nH]c2c(Cl)cccc21. The van der Waals surface area contributed by atoms with Gasteiger partial charge in [0.2, 0.25) is 0 Å². The molecule has 3 nitrogen and oxygen atoms in total. The Morgan fingerprint density at radius 3 is 3.16 bits per heavy atom. The van der Waals surface area contributed by atoms with E-state index in [9.17, 15) is 0 Å². The highest BCUT2D eigenvalue weighted by Crippen LogP contribution is 2.28. The van der Waals surface area contributed by atoms with Crippen LogP contribution in [0.1, 0.15) is 19.8 Å². The average Bonchev–Trinajstić information content (AvgIpc) is 2.97. The Bertz CT molecular complexity index is 648. The monoisotopic (exact) mass is 296 g/mol. The number of halogens is 1. The standard InChI is InChI=1S/C14H17ClN2OS/c1-2-12-9(6-7-18-12)8-17-11-5-3-4-10(15)13(11)16-14(17)19/h3-5,9,12H,2,6-8H2,1H3,(H,16,19). The van der Waals surface area contributed by atoms with Gasteiger partial charge >= 0.3 is 0 Å². The van der Waals surface area contributed by atoms with Crippen LogP contribution in [0.3, 0.4) is 0 Å². The van der Waals surface area contributed by atoms with Gasteiger partial charge in [0.15, 0.2) is 4.77 Å². The molecule has 1 N–H and O–H groups in total. The summed E-state index contributed by atoms with van der Waals surface area (Å²) >= 11 is 11.6. The first-order valence-electron chi connectivity index (χ1n) is 6.69. The van der Waals surface area contributed by atoms with Crippen molar-refractivity contribution in [2.45, 2.75) is 32.4 Å². The van der Waals surface area contributed by atoms with Gasteiger partial charge in [-0.25, -0.2) is 0 Å². The first-order valence-corrected chi connectivity index (χ1v) is 7.48. The van der Waals surface area contributed by atoms with Crippen molar-refractivity contribution in [3.63, 3.8) is 0 Å². The minimum absolute atomic E-state index is 0.353. The van der Waals surface area contributed by atoms with Crippen molar-refractivity contribution in [1.29, 1.82) is 0 Å². The molecule has 1 aromatic carbocycles. The molecular weight excluding hydrogens is 280 g/mol. The molecule has 102 valence electrons. The third-order valence-corrected chi connectivity index (χ3v) is 4.56. The molecule has 0 bridgehead atoms. The Morgan fingerprint density at radius 1 is 1.53 bits per heavy atom. The zero-order valence-corrected chi connectivity index (χ0v) is 12.4. The molecule has 2 heterocycles. The molecule has 2 atom stereocenters. The van der Waals surface area contributed by atoms with Crippen LogP contribution in [0.25, 0.3) is 11.0 Å². The Hall–Kier alpha value is -0.840. The van der Waals surface area contributed by atoms with Crippen LogP contribution in [-0.4, -0.2) is 22.3 Å². The minimum Gasteiger partial charge on any atom is -0.378 e. The van der Waals surface area contributed by atoms with Gasteiger partial charge in [-0.15, -0.1) is 0 Å². The van der Waals surface area contributed by atoms with Crippen molar-refractivity contribution in [3.8, 4) is 0 Å². The van der Waals surface area contributed by atoms with Crippen LogP contribution in [0, 0.1) is 10.7 Å². The van der Waals surface area contributed by atoms with Gasteiger partial charge in [-0.3, -0.25) is 0 Å². The number of benzene rings is 1. The highest BCUT2D eigenvalue weighted by Gasteiger charge is 2.27. The summed E-state index contributed by atoms with van der Waals surface area (Å²) in [5.74, 6) is 0.537. The topological polar surface area (TPSA) is 29.9 Å². The van der Waals surface area contributed by atoms with Crippen molar-refractivity contribution < 1.29 is 4.74 Å². The molecule has 1 saturated heterocycles. The smallest absolute Gasteiger partial charge is 0.178 e. The number of nitrogens with zero attached hydrogens (tertiary/aromatic N) is 1. The second-order valence-electron chi connectivity index (χ2n) is 5.04. The molecule has 1 aromatic heterocycles. The van der Waals surface area contributed by atoms with E-state index in [1.807, 2.05) is 12.1 Å². The third kappa shape index (κ3) is 2.33. The molecular formula is C14H17ClN2OS. The minimum atomic E-state index is 0.353. The molecule has 0 saturated carbocycles. The molecule has 0 radical (unpaired) electrons. The number of nitrogens with one attached hydrogen (secondary N) is 1. The number of ether oxygens (including phenoxy) is 1. The quantitative estimate of drug-likeness (QED) is 0.862. The van der Waals surface area contributed by atoms with Crippen molar-refractivity contribution in [2.24, 2.45) is 5.92 Å². The zero-order valence-electron chi connectivity index (χ0n) is 10.9. The van der Waals surface area contributed by atoms with Crippen molar-refractivity contribution in [1.82, 2.24) is 9.55 Å². The molecule has 0 amide bonds. The summed E-state index contributed by atoms with van der Waals surface area (Å²) in [4.78, 5) is 3.21. The molecule has 19 heavy (non-hydrogen) atoms.